The van der Waals surface area contributed by atoms with Gasteiger partial charge < -0.3 is 0 Å². The second-order valence-electron chi connectivity index (χ2n) is 0.994. The van der Waals surface area contributed by atoms with Crippen LogP contribution >= 0.6 is 23.2 Å². The zero-order valence-corrected chi connectivity index (χ0v) is 5.19. The molecule has 0 aliphatic rings. The number of alkyl halides is 6. The van der Waals surface area contributed by atoms with Gasteiger partial charge in [-0.15, -0.1) is 13.2 Å². The summed E-state index contributed by atoms with van der Waals surface area (Å²) in [7, 11) is 0. The predicted octanol–water partition coefficient (Wildman–Crippen LogP) is 2.58. The monoisotopic (exact) mass is 186 g/mol. The molecule has 0 rings (SSSR count). The molecule has 0 aliphatic heterocycles. The van der Waals surface area contributed by atoms with Crippen molar-refractivity contribution in [3.8, 4) is 0 Å². The molecule has 56 valence electrons. The van der Waals surface area contributed by atoms with Gasteiger partial charge in [-0.2, -0.15) is 4.39 Å². The summed E-state index contributed by atoms with van der Waals surface area (Å²) in [5, 5.41) is 0. The molecule has 0 aromatic carbocycles. The second kappa shape index (κ2) is 2.48. The fourth-order valence-electron chi connectivity index (χ4n) is 0.131. The molecule has 0 radical (unpaired) electrons. The Labute approximate surface area is 57.5 Å². The Balaban J connectivity index is 3.75. The molecule has 7 heteroatoms. The lowest BCUT2D eigenvalue weighted by molar-refractivity contribution is -0.355. The van der Waals surface area contributed by atoms with Gasteiger partial charge in [-0.25, -0.2) is 4.74 Å². The highest BCUT2D eigenvalue weighted by molar-refractivity contribution is 6.45. The number of ether oxygens (including phenoxy) is 1. The van der Waals surface area contributed by atoms with Gasteiger partial charge >= 0.3 is 11.1 Å². The molecule has 0 atom stereocenters. The SMILES string of the molecule is FC(F)(F)OC(F)(Cl)Cl. The molecule has 1 nitrogen and oxygen atoms in total. The summed E-state index contributed by atoms with van der Waals surface area (Å²) < 4.78 is 43.0. The molecule has 0 spiro atoms. The van der Waals surface area contributed by atoms with Crippen molar-refractivity contribution in [2.75, 3.05) is 0 Å². The molecule has 0 bridgehead atoms. The van der Waals surface area contributed by atoms with E-state index in [1.54, 1.807) is 0 Å². The van der Waals surface area contributed by atoms with Gasteiger partial charge in [0.2, 0.25) is 0 Å². The van der Waals surface area contributed by atoms with Crippen molar-refractivity contribution in [2.45, 2.75) is 11.1 Å². The number of hydrogen-bond acceptors (Lipinski definition) is 1. The summed E-state index contributed by atoms with van der Waals surface area (Å²) >= 11 is 8.35. The zero-order chi connectivity index (χ0) is 7.71. The third kappa shape index (κ3) is 8.26. The minimum atomic E-state index is -5.15. The lowest BCUT2D eigenvalue weighted by atomic mass is 11.3. The largest absolute Gasteiger partial charge is 0.527 e. The van der Waals surface area contributed by atoms with Crippen LogP contribution in [0.15, 0.2) is 0 Å². The molecule has 0 N–H and O–H groups in total. The Bertz CT molecular complexity index is 81.7. The quantitative estimate of drug-likeness (QED) is 0.452. The summed E-state index contributed by atoms with van der Waals surface area (Å²) in [6, 6.07) is 0. The molecule has 0 unspecified atom stereocenters. The van der Waals surface area contributed by atoms with Gasteiger partial charge in [-0.05, 0) is 23.2 Å². The number of hydrogen-bond donors (Lipinski definition) is 0. The van der Waals surface area contributed by atoms with Gasteiger partial charge in [-0.3, -0.25) is 0 Å². The Morgan fingerprint density at radius 1 is 1.00 bits per heavy atom. The Hall–Kier alpha value is 0.260. The first kappa shape index (κ1) is 9.26. The van der Waals surface area contributed by atoms with E-state index in [-0.39, 0.29) is 0 Å². The summed E-state index contributed by atoms with van der Waals surface area (Å²) in [6.45, 7) is 0. The number of rotatable bonds is 1. The summed E-state index contributed by atoms with van der Waals surface area (Å²) in [4.78, 5) is 0. The van der Waals surface area contributed by atoms with E-state index in [0.717, 1.165) is 0 Å². The van der Waals surface area contributed by atoms with E-state index in [2.05, 4.69) is 27.9 Å². The second-order valence-corrected chi connectivity index (χ2v) is 2.16. The molecule has 0 saturated heterocycles. The number of halogens is 6. The average Bonchev–Trinajstić information content (AvgIpc) is 1.14. The minimum Gasteiger partial charge on any atom is -0.226 e. The smallest absolute Gasteiger partial charge is 0.226 e. The lowest BCUT2D eigenvalue weighted by Gasteiger charge is -2.11. The lowest BCUT2D eigenvalue weighted by Crippen LogP contribution is -2.23. The van der Waals surface area contributed by atoms with Crippen molar-refractivity contribution in [3.63, 3.8) is 0 Å². The normalized spacial score (nSPS) is 14.0. The molecule has 0 aromatic heterocycles. The first-order valence-corrected chi connectivity index (χ1v) is 2.30. The summed E-state index contributed by atoms with van der Waals surface area (Å²) in [5.74, 6) is 0. The fraction of sp³-hybridized carbons (Fsp3) is 1.00. The van der Waals surface area contributed by atoms with Crippen LogP contribution in [0.1, 0.15) is 0 Å². The topological polar surface area (TPSA) is 9.23 Å². The standard InChI is InChI=1S/C2Cl2F4O/c3-1(4,5)9-2(6,7)8. The van der Waals surface area contributed by atoms with Crippen LogP contribution in [0.3, 0.4) is 0 Å². The maximum absolute atomic E-state index is 11.5. The third-order valence-electron chi connectivity index (χ3n) is 0.231. The van der Waals surface area contributed by atoms with Crippen molar-refractivity contribution in [1.29, 1.82) is 0 Å². The highest BCUT2D eigenvalue weighted by Crippen LogP contribution is 2.32. The Morgan fingerprint density at radius 3 is 1.33 bits per heavy atom. The van der Waals surface area contributed by atoms with E-state index in [0.29, 0.717) is 0 Å². The van der Waals surface area contributed by atoms with Crippen LogP contribution in [-0.2, 0) is 4.74 Å². The van der Waals surface area contributed by atoms with Gasteiger partial charge in [0.05, 0.1) is 0 Å². The molecular formula is C2Cl2F4O. The molecule has 0 saturated carbocycles. The molecule has 0 aromatic rings. The molecule has 9 heavy (non-hydrogen) atoms. The van der Waals surface area contributed by atoms with E-state index in [4.69, 9.17) is 0 Å². The Morgan fingerprint density at radius 2 is 1.33 bits per heavy atom. The van der Waals surface area contributed by atoms with E-state index >= 15 is 0 Å². The molecule has 0 amide bonds. The average molecular weight is 187 g/mol. The summed E-state index contributed by atoms with van der Waals surface area (Å²) in [6.07, 6.45) is -5.15. The van der Waals surface area contributed by atoms with Gasteiger partial charge in [0.1, 0.15) is 0 Å². The van der Waals surface area contributed by atoms with Crippen molar-refractivity contribution in [1.82, 2.24) is 0 Å². The minimum absolute atomic E-state index is 2.49. The van der Waals surface area contributed by atoms with Gasteiger partial charge in [0.15, 0.2) is 0 Å². The fourth-order valence-corrected chi connectivity index (χ4v) is 0.306. The highest BCUT2D eigenvalue weighted by Gasteiger charge is 2.41. The van der Waals surface area contributed by atoms with Gasteiger partial charge in [0, 0.05) is 0 Å². The third-order valence-corrected chi connectivity index (χ3v) is 0.386. The van der Waals surface area contributed by atoms with Crippen LogP contribution in [0.25, 0.3) is 0 Å². The first-order valence-electron chi connectivity index (χ1n) is 1.54. The molecule has 0 fully saturated rings. The maximum atomic E-state index is 11.5. The Kier molecular flexibility index (Phi) is 2.55. The van der Waals surface area contributed by atoms with E-state index in [1.807, 2.05) is 0 Å². The van der Waals surface area contributed by atoms with E-state index in [9.17, 15) is 17.6 Å². The van der Waals surface area contributed by atoms with Crippen LogP contribution in [0.4, 0.5) is 17.6 Å². The predicted molar refractivity (Wildman–Crippen MR) is 22.7 cm³/mol. The summed E-state index contributed by atoms with van der Waals surface area (Å²) in [5.41, 5.74) is 0. The molecular weight excluding hydrogens is 187 g/mol. The van der Waals surface area contributed by atoms with Crippen LogP contribution in [0.5, 0.6) is 0 Å². The molecule has 0 aliphatic carbocycles. The van der Waals surface area contributed by atoms with Crippen molar-refractivity contribution >= 4 is 23.2 Å². The van der Waals surface area contributed by atoms with Crippen molar-refractivity contribution in [3.05, 3.63) is 0 Å². The maximum Gasteiger partial charge on any atom is 0.527 e. The van der Waals surface area contributed by atoms with Crippen LogP contribution in [0, 0.1) is 0 Å². The highest BCUT2D eigenvalue weighted by atomic mass is 35.5. The van der Waals surface area contributed by atoms with Crippen LogP contribution in [-0.4, -0.2) is 11.1 Å². The van der Waals surface area contributed by atoms with Gasteiger partial charge in [0.25, 0.3) is 0 Å². The molecule has 0 heterocycles. The van der Waals surface area contributed by atoms with E-state index < -0.39 is 11.1 Å². The van der Waals surface area contributed by atoms with E-state index in [1.165, 1.54) is 0 Å². The first-order chi connectivity index (χ1) is 3.71. The van der Waals surface area contributed by atoms with Crippen LogP contribution in [0.2, 0.25) is 0 Å². The van der Waals surface area contributed by atoms with Crippen molar-refractivity contribution in [2.24, 2.45) is 0 Å². The zero-order valence-electron chi connectivity index (χ0n) is 3.68. The van der Waals surface area contributed by atoms with Crippen molar-refractivity contribution < 1.29 is 22.3 Å². The van der Waals surface area contributed by atoms with Gasteiger partial charge in [-0.1, -0.05) is 0 Å². The van der Waals surface area contributed by atoms with Crippen LogP contribution < -0.4 is 0 Å².